The summed E-state index contributed by atoms with van der Waals surface area (Å²) < 4.78 is 12.4. The summed E-state index contributed by atoms with van der Waals surface area (Å²) in [5.41, 5.74) is 6.88. The molecule has 0 saturated heterocycles. The second kappa shape index (κ2) is 5.49. The van der Waals surface area contributed by atoms with Gasteiger partial charge in [0.05, 0.1) is 42.6 Å². The van der Waals surface area contributed by atoms with Crippen LogP contribution in [0.5, 0.6) is 0 Å². The first kappa shape index (κ1) is 13.8. The zero-order valence-electron chi connectivity index (χ0n) is 13.2. The van der Waals surface area contributed by atoms with E-state index in [0.717, 1.165) is 39.3 Å². The summed E-state index contributed by atoms with van der Waals surface area (Å²) in [5, 5.41) is 0. The summed E-state index contributed by atoms with van der Waals surface area (Å²) in [4.78, 5) is 8.94. The molecule has 5 rings (SSSR count). The van der Waals surface area contributed by atoms with Gasteiger partial charge in [-0.15, -0.1) is 0 Å². The van der Waals surface area contributed by atoms with Crippen molar-refractivity contribution < 1.29 is 8.83 Å². The van der Waals surface area contributed by atoms with Crippen molar-refractivity contribution in [2.24, 2.45) is 0 Å². The summed E-state index contributed by atoms with van der Waals surface area (Å²) >= 11 is 0. The molecular weight excluding hydrogens is 314 g/mol. The number of furan rings is 2. The minimum absolute atomic E-state index is 0.868. The summed E-state index contributed by atoms with van der Waals surface area (Å²) in [7, 11) is 0. The van der Waals surface area contributed by atoms with Gasteiger partial charge in [-0.05, 0) is 36.4 Å². The maximum atomic E-state index is 5.19. The molecule has 0 aliphatic rings. The molecule has 0 amide bonds. The van der Waals surface area contributed by atoms with Gasteiger partial charge in [-0.1, -0.05) is 0 Å². The highest BCUT2D eigenvalue weighted by Gasteiger charge is 2.10. The van der Waals surface area contributed by atoms with Gasteiger partial charge in [0.15, 0.2) is 0 Å². The third-order valence-corrected chi connectivity index (χ3v) is 4.23. The topological polar surface area (TPSA) is 56.5 Å². The molecule has 0 aliphatic heterocycles. The van der Waals surface area contributed by atoms with E-state index in [1.54, 1.807) is 31.2 Å². The molecule has 0 radical (unpaired) electrons. The van der Waals surface area contributed by atoms with E-state index in [-0.39, 0.29) is 0 Å². The minimum Gasteiger partial charge on any atom is -0.472 e. The molecule has 0 atom stereocenters. The predicted octanol–water partition coefficient (Wildman–Crippen LogP) is 4.92. The Kier molecular flexibility index (Phi) is 3.03. The lowest BCUT2D eigenvalue weighted by Crippen LogP contribution is -1.91. The highest BCUT2D eigenvalue weighted by molar-refractivity contribution is 5.71. The second-order valence-corrected chi connectivity index (χ2v) is 5.74. The van der Waals surface area contributed by atoms with E-state index in [1.807, 2.05) is 42.6 Å². The van der Waals surface area contributed by atoms with Crippen LogP contribution in [0.2, 0.25) is 0 Å². The molecular formula is C20H13N3O2. The summed E-state index contributed by atoms with van der Waals surface area (Å²) in [6.07, 6.45) is 12.5. The van der Waals surface area contributed by atoms with Crippen LogP contribution in [0.15, 0.2) is 88.9 Å². The predicted molar refractivity (Wildman–Crippen MR) is 93.8 cm³/mol. The number of fused-ring (bicyclic) bond motifs is 1. The van der Waals surface area contributed by atoms with Gasteiger partial charge in [-0.2, -0.15) is 0 Å². The molecule has 0 saturated carbocycles. The molecule has 25 heavy (non-hydrogen) atoms. The van der Waals surface area contributed by atoms with E-state index < -0.39 is 0 Å². The van der Waals surface area contributed by atoms with Crippen LogP contribution < -0.4 is 0 Å². The van der Waals surface area contributed by atoms with Gasteiger partial charge >= 0.3 is 0 Å². The number of hydrogen-bond acceptors (Lipinski definition) is 4. The third kappa shape index (κ3) is 2.33. The van der Waals surface area contributed by atoms with Crippen LogP contribution in [0.3, 0.4) is 0 Å². The van der Waals surface area contributed by atoms with E-state index >= 15 is 0 Å². The number of imidazole rings is 1. The van der Waals surface area contributed by atoms with Crippen molar-refractivity contribution in [3.63, 3.8) is 0 Å². The summed E-state index contributed by atoms with van der Waals surface area (Å²) in [6, 6.07) is 11.9. The molecule has 5 nitrogen and oxygen atoms in total. The van der Waals surface area contributed by atoms with Crippen molar-refractivity contribution in [2.75, 3.05) is 0 Å². The Balaban J connectivity index is 1.66. The lowest BCUT2D eigenvalue weighted by molar-refractivity contribution is 0.568. The quantitative estimate of drug-likeness (QED) is 0.472. The highest BCUT2D eigenvalue weighted by Crippen LogP contribution is 2.27. The van der Waals surface area contributed by atoms with Crippen LogP contribution in [-0.4, -0.2) is 14.4 Å². The zero-order chi connectivity index (χ0) is 16.6. The van der Waals surface area contributed by atoms with E-state index in [2.05, 4.69) is 20.6 Å². The molecule has 0 bridgehead atoms. The Bertz CT molecular complexity index is 1140. The lowest BCUT2D eigenvalue weighted by atomic mass is 10.1. The van der Waals surface area contributed by atoms with Crippen LogP contribution in [0.25, 0.3) is 39.3 Å². The van der Waals surface area contributed by atoms with Gasteiger partial charge in [-0.3, -0.25) is 9.38 Å². The standard InChI is InChI=1S/C20H13N3O2/c1-2-20-22-10-19(23(20)11-15(1)16-4-7-24-12-16)14-3-6-21-18(9-14)17-5-8-25-13-17/h1-13H. The minimum atomic E-state index is 0.868. The molecule has 0 spiro atoms. The van der Waals surface area contributed by atoms with Gasteiger partial charge in [0, 0.05) is 34.6 Å². The van der Waals surface area contributed by atoms with E-state index in [4.69, 9.17) is 8.83 Å². The van der Waals surface area contributed by atoms with Crippen molar-refractivity contribution in [2.45, 2.75) is 0 Å². The van der Waals surface area contributed by atoms with Crippen molar-refractivity contribution >= 4 is 5.65 Å². The zero-order valence-corrected chi connectivity index (χ0v) is 13.2. The van der Waals surface area contributed by atoms with E-state index in [1.165, 1.54) is 0 Å². The Hall–Kier alpha value is -3.60. The average Bonchev–Trinajstić information content (AvgIpc) is 3.42. The van der Waals surface area contributed by atoms with Gasteiger partial charge in [0.25, 0.3) is 0 Å². The first-order valence-electron chi connectivity index (χ1n) is 7.87. The normalized spacial score (nSPS) is 11.2. The fourth-order valence-electron chi connectivity index (χ4n) is 2.95. The molecule has 0 fully saturated rings. The van der Waals surface area contributed by atoms with Crippen molar-refractivity contribution in [1.29, 1.82) is 0 Å². The molecule has 0 aromatic carbocycles. The molecule has 5 heteroatoms. The van der Waals surface area contributed by atoms with E-state index in [0.29, 0.717) is 0 Å². The molecule has 5 aromatic heterocycles. The maximum absolute atomic E-state index is 5.19. The van der Waals surface area contributed by atoms with Crippen molar-refractivity contribution in [3.05, 3.63) is 80.0 Å². The summed E-state index contributed by atoms with van der Waals surface area (Å²) in [5.74, 6) is 0. The molecule has 120 valence electrons. The molecule has 0 aliphatic carbocycles. The third-order valence-electron chi connectivity index (χ3n) is 4.23. The first-order chi connectivity index (χ1) is 12.4. The van der Waals surface area contributed by atoms with Gasteiger partial charge in [0.2, 0.25) is 0 Å². The Labute approximate surface area is 143 Å². The molecule has 0 unspecified atom stereocenters. The van der Waals surface area contributed by atoms with Gasteiger partial charge in [0.1, 0.15) is 5.65 Å². The largest absolute Gasteiger partial charge is 0.472 e. The Morgan fingerprint density at radius 1 is 0.760 bits per heavy atom. The lowest BCUT2D eigenvalue weighted by Gasteiger charge is -2.05. The van der Waals surface area contributed by atoms with E-state index in [9.17, 15) is 0 Å². The second-order valence-electron chi connectivity index (χ2n) is 5.74. The van der Waals surface area contributed by atoms with Crippen molar-refractivity contribution in [1.82, 2.24) is 14.4 Å². The fourth-order valence-corrected chi connectivity index (χ4v) is 2.95. The number of nitrogens with zero attached hydrogens (tertiary/aromatic N) is 3. The van der Waals surface area contributed by atoms with Crippen LogP contribution >= 0.6 is 0 Å². The van der Waals surface area contributed by atoms with Crippen LogP contribution in [0.1, 0.15) is 0 Å². The van der Waals surface area contributed by atoms with Crippen LogP contribution in [0.4, 0.5) is 0 Å². The van der Waals surface area contributed by atoms with Crippen LogP contribution in [0, 0.1) is 0 Å². The number of aromatic nitrogens is 3. The summed E-state index contributed by atoms with van der Waals surface area (Å²) in [6.45, 7) is 0. The Morgan fingerprint density at radius 2 is 1.60 bits per heavy atom. The number of pyridine rings is 2. The number of rotatable bonds is 3. The monoisotopic (exact) mass is 327 g/mol. The molecule has 0 N–H and O–H groups in total. The SMILES string of the molecule is c1cc(-c2cnc3ccc(-c4ccoc4)cn23)cc(-c2ccoc2)n1. The average molecular weight is 327 g/mol. The van der Waals surface area contributed by atoms with Gasteiger partial charge in [-0.25, -0.2) is 4.98 Å². The number of hydrogen-bond donors (Lipinski definition) is 0. The van der Waals surface area contributed by atoms with Gasteiger partial charge < -0.3 is 8.83 Å². The highest BCUT2D eigenvalue weighted by atomic mass is 16.3. The first-order valence-corrected chi connectivity index (χ1v) is 7.87. The van der Waals surface area contributed by atoms with Crippen molar-refractivity contribution in [3.8, 4) is 33.6 Å². The maximum Gasteiger partial charge on any atom is 0.137 e. The fraction of sp³-hybridized carbons (Fsp3) is 0. The molecule has 5 heterocycles. The smallest absolute Gasteiger partial charge is 0.137 e. The van der Waals surface area contributed by atoms with Crippen LogP contribution in [-0.2, 0) is 0 Å². The Morgan fingerprint density at radius 3 is 2.40 bits per heavy atom. The molecule has 5 aromatic rings.